The number of unbranched alkanes of at least 4 members (excludes halogenated alkanes) is 1. The van der Waals surface area contributed by atoms with Gasteiger partial charge in [0.25, 0.3) is 0 Å². The molecule has 0 radical (unpaired) electrons. The van der Waals surface area contributed by atoms with Crippen LogP contribution in [0.15, 0.2) is 0 Å². The van der Waals surface area contributed by atoms with Crippen LogP contribution < -0.4 is 5.32 Å². The van der Waals surface area contributed by atoms with Crippen LogP contribution in [0.2, 0.25) is 0 Å². The fourth-order valence-corrected chi connectivity index (χ4v) is 1.56. The van der Waals surface area contributed by atoms with Gasteiger partial charge in [-0.25, -0.2) is 4.79 Å². The summed E-state index contributed by atoms with van der Waals surface area (Å²) in [4.78, 5) is 22.8. The van der Waals surface area contributed by atoms with Crippen LogP contribution in [0.3, 0.4) is 0 Å². The fourth-order valence-electron chi connectivity index (χ4n) is 1.56. The van der Waals surface area contributed by atoms with E-state index in [1.807, 2.05) is 13.8 Å². The minimum Gasteiger partial charge on any atom is -0.458 e. The van der Waals surface area contributed by atoms with Gasteiger partial charge in [-0.3, -0.25) is 4.79 Å². The lowest BCUT2D eigenvalue weighted by Gasteiger charge is -2.15. The van der Waals surface area contributed by atoms with Crippen molar-refractivity contribution in [3.63, 3.8) is 0 Å². The van der Waals surface area contributed by atoms with Crippen LogP contribution in [0.5, 0.6) is 0 Å². The molecule has 0 aromatic heterocycles. The SMILES string of the molecule is CCCCC(CC)CNC(=O)C(=O)OCC(C)C. The summed E-state index contributed by atoms with van der Waals surface area (Å²) in [7, 11) is 0. The molecule has 4 heteroatoms. The van der Waals surface area contributed by atoms with Crippen LogP contribution in [0.1, 0.15) is 53.4 Å². The number of esters is 1. The molecule has 0 aliphatic rings. The molecule has 0 aromatic rings. The zero-order chi connectivity index (χ0) is 14.0. The summed E-state index contributed by atoms with van der Waals surface area (Å²) in [6.45, 7) is 8.97. The van der Waals surface area contributed by atoms with Crippen molar-refractivity contribution in [2.75, 3.05) is 13.2 Å². The van der Waals surface area contributed by atoms with E-state index < -0.39 is 11.9 Å². The summed E-state index contributed by atoms with van der Waals surface area (Å²) in [6, 6.07) is 0. The Balaban J connectivity index is 3.88. The lowest BCUT2D eigenvalue weighted by molar-refractivity contribution is -0.155. The number of nitrogens with one attached hydrogen (secondary N) is 1. The van der Waals surface area contributed by atoms with E-state index in [4.69, 9.17) is 4.74 Å². The molecule has 0 aromatic carbocycles. The smallest absolute Gasteiger partial charge is 0.396 e. The maximum Gasteiger partial charge on any atom is 0.396 e. The molecule has 0 fully saturated rings. The van der Waals surface area contributed by atoms with Crippen molar-refractivity contribution in [2.45, 2.75) is 53.4 Å². The van der Waals surface area contributed by atoms with Crippen molar-refractivity contribution in [2.24, 2.45) is 11.8 Å². The zero-order valence-corrected chi connectivity index (χ0v) is 12.1. The highest BCUT2D eigenvalue weighted by molar-refractivity contribution is 6.32. The topological polar surface area (TPSA) is 55.4 Å². The highest BCUT2D eigenvalue weighted by Gasteiger charge is 2.16. The fraction of sp³-hybridized carbons (Fsp3) is 0.857. The number of carbonyl (C=O) groups is 2. The molecule has 0 bridgehead atoms. The van der Waals surface area contributed by atoms with Gasteiger partial charge >= 0.3 is 11.9 Å². The minimum absolute atomic E-state index is 0.245. The van der Waals surface area contributed by atoms with Crippen LogP contribution >= 0.6 is 0 Å². The molecule has 0 saturated heterocycles. The molecule has 1 N–H and O–H groups in total. The van der Waals surface area contributed by atoms with Crippen molar-refractivity contribution in [3.05, 3.63) is 0 Å². The Morgan fingerprint density at radius 3 is 2.39 bits per heavy atom. The number of hydrogen-bond acceptors (Lipinski definition) is 3. The first-order chi connectivity index (χ1) is 8.51. The van der Waals surface area contributed by atoms with E-state index in [-0.39, 0.29) is 5.92 Å². The molecular formula is C14H27NO3. The molecule has 0 aliphatic carbocycles. The van der Waals surface area contributed by atoms with Crippen molar-refractivity contribution < 1.29 is 14.3 Å². The Labute approximate surface area is 110 Å². The number of hydrogen-bond donors (Lipinski definition) is 1. The highest BCUT2D eigenvalue weighted by Crippen LogP contribution is 2.11. The second kappa shape index (κ2) is 9.92. The van der Waals surface area contributed by atoms with Gasteiger partial charge in [0.05, 0.1) is 6.61 Å². The van der Waals surface area contributed by atoms with Gasteiger partial charge < -0.3 is 10.1 Å². The Hall–Kier alpha value is -1.06. The third kappa shape index (κ3) is 8.09. The first kappa shape index (κ1) is 16.9. The molecule has 0 spiro atoms. The van der Waals surface area contributed by atoms with Gasteiger partial charge in [-0.05, 0) is 18.3 Å². The molecular weight excluding hydrogens is 230 g/mol. The van der Waals surface area contributed by atoms with Gasteiger partial charge in [-0.15, -0.1) is 0 Å². The van der Waals surface area contributed by atoms with E-state index >= 15 is 0 Å². The Morgan fingerprint density at radius 2 is 1.89 bits per heavy atom. The Kier molecular flexibility index (Phi) is 9.33. The van der Waals surface area contributed by atoms with Crippen LogP contribution in [-0.4, -0.2) is 25.0 Å². The summed E-state index contributed by atoms with van der Waals surface area (Å²) in [5.74, 6) is -0.693. The standard InChI is InChI=1S/C14H27NO3/c1-5-7-8-12(6-2)9-15-13(16)14(17)18-10-11(3)4/h11-12H,5-10H2,1-4H3,(H,15,16). The summed E-state index contributed by atoms with van der Waals surface area (Å²) in [5, 5.41) is 2.65. The van der Waals surface area contributed by atoms with Gasteiger partial charge in [-0.1, -0.05) is 47.0 Å². The summed E-state index contributed by atoms with van der Waals surface area (Å²) >= 11 is 0. The van der Waals surface area contributed by atoms with Gasteiger partial charge in [-0.2, -0.15) is 0 Å². The normalized spacial score (nSPS) is 12.3. The van der Waals surface area contributed by atoms with E-state index in [0.29, 0.717) is 19.1 Å². The molecule has 18 heavy (non-hydrogen) atoms. The van der Waals surface area contributed by atoms with Crippen LogP contribution in [-0.2, 0) is 14.3 Å². The Bertz CT molecular complexity index is 251. The molecule has 1 atom stereocenters. The third-order valence-electron chi connectivity index (χ3n) is 2.83. The minimum atomic E-state index is -0.769. The predicted octanol–water partition coefficient (Wildman–Crippen LogP) is 2.52. The molecule has 0 rings (SSSR count). The maximum absolute atomic E-state index is 11.5. The molecule has 0 saturated carbocycles. The molecule has 1 amide bonds. The van der Waals surface area contributed by atoms with E-state index in [0.717, 1.165) is 25.7 Å². The highest BCUT2D eigenvalue weighted by atomic mass is 16.5. The van der Waals surface area contributed by atoms with Crippen molar-refractivity contribution in [3.8, 4) is 0 Å². The molecule has 1 unspecified atom stereocenters. The number of amides is 1. The largest absolute Gasteiger partial charge is 0.458 e. The maximum atomic E-state index is 11.5. The third-order valence-corrected chi connectivity index (χ3v) is 2.83. The van der Waals surface area contributed by atoms with E-state index in [2.05, 4.69) is 19.2 Å². The average molecular weight is 257 g/mol. The molecule has 106 valence electrons. The van der Waals surface area contributed by atoms with E-state index in [9.17, 15) is 9.59 Å². The van der Waals surface area contributed by atoms with Gasteiger partial charge in [0.1, 0.15) is 0 Å². The molecule has 4 nitrogen and oxygen atoms in total. The Morgan fingerprint density at radius 1 is 1.22 bits per heavy atom. The number of rotatable bonds is 8. The van der Waals surface area contributed by atoms with Crippen molar-refractivity contribution in [1.29, 1.82) is 0 Å². The monoisotopic (exact) mass is 257 g/mol. The zero-order valence-electron chi connectivity index (χ0n) is 12.1. The first-order valence-electron chi connectivity index (χ1n) is 6.96. The van der Waals surface area contributed by atoms with Gasteiger partial charge in [0.2, 0.25) is 0 Å². The lowest BCUT2D eigenvalue weighted by atomic mass is 9.99. The lowest BCUT2D eigenvalue weighted by Crippen LogP contribution is -2.36. The molecule has 0 aliphatic heterocycles. The van der Waals surface area contributed by atoms with Crippen LogP contribution in [0, 0.1) is 11.8 Å². The van der Waals surface area contributed by atoms with Gasteiger partial charge in [0.15, 0.2) is 0 Å². The predicted molar refractivity (Wildman–Crippen MR) is 72.1 cm³/mol. The van der Waals surface area contributed by atoms with Crippen LogP contribution in [0.4, 0.5) is 0 Å². The molecule has 0 heterocycles. The van der Waals surface area contributed by atoms with E-state index in [1.54, 1.807) is 0 Å². The average Bonchev–Trinajstić information content (AvgIpc) is 2.35. The van der Waals surface area contributed by atoms with E-state index in [1.165, 1.54) is 0 Å². The summed E-state index contributed by atoms with van der Waals surface area (Å²) < 4.78 is 4.86. The second-order valence-electron chi connectivity index (χ2n) is 5.12. The van der Waals surface area contributed by atoms with Crippen molar-refractivity contribution in [1.82, 2.24) is 5.32 Å². The number of ether oxygens (including phenoxy) is 1. The summed E-state index contributed by atoms with van der Waals surface area (Å²) in [6.07, 6.45) is 4.42. The van der Waals surface area contributed by atoms with Crippen LogP contribution in [0.25, 0.3) is 0 Å². The second-order valence-corrected chi connectivity index (χ2v) is 5.12. The summed E-state index contributed by atoms with van der Waals surface area (Å²) in [5.41, 5.74) is 0. The van der Waals surface area contributed by atoms with Crippen molar-refractivity contribution >= 4 is 11.9 Å². The number of carbonyl (C=O) groups excluding carboxylic acids is 2. The first-order valence-corrected chi connectivity index (χ1v) is 6.96. The van der Waals surface area contributed by atoms with Gasteiger partial charge in [0, 0.05) is 6.54 Å². The quantitative estimate of drug-likeness (QED) is 0.537.